The van der Waals surface area contributed by atoms with Crippen LogP contribution in [0, 0.1) is 5.82 Å². The fourth-order valence-corrected chi connectivity index (χ4v) is 3.13. The van der Waals surface area contributed by atoms with Crippen LogP contribution in [0.25, 0.3) is 11.2 Å². The van der Waals surface area contributed by atoms with Crippen molar-refractivity contribution >= 4 is 22.8 Å². The molecule has 9 heteroatoms. The van der Waals surface area contributed by atoms with Crippen LogP contribution in [0.4, 0.5) is 10.3 Å². The fraction of sp³-hybridized carbons (Fsp3) is 0.294. The quantitative estimate of drug-likeness (QED) is 0.753. The summed E-state index contributed by atoms with van der Waals surface area (Å²) >= 11 is 0. The molecule has 1 aromatic carbocycles. The van der Waals surface area contributed by atoms with E-state index in [1.54, 1.807) is 23.7 Å². The molecule has 8 nitrogen and oxygen atoms in total. The molecule has 0 amide bonds. The van der Waals surface area contributed by atoms with Crippen molar-refractivity contribution in [3.8, 4) is 0 Å². The molecule has 0 saturated carbocycles. The van der Waals surface area contributed by atoms with Gasteiger partial charge >= 0.3 is 5.69 Å². The van der Waals surface area contributed by atoms with Crippen LogP contribution >= 0.6 is 0 Å². The standard InChI is InChI=1S/C17H17FN6O2/c1-9-10(2)24-13-14(19-16(24)21-20-9)22(3)17(26)23(15(13)25)8-11-4-6-12(18)7-5-11/h4-7,10H,8H2,1-3H3,(H,19,21)/t10-/m1/s1. The van der Waals surface area contributed by atoms with E-state index in [2.05, 4.69) is 15.5 Å². The molecule has 0 fully saturated rings. The Hall–Kier alpha value is -3.23. The van der Waals surface area contributed by atoms with Gasteiger partial charge in [0.1, 0.15) is 5.82 Å². The van der Waals surface area contributed by atoms with E-state index in [1.165, 1.54) is 16.7 Å². The maximum absolute atomic E-state index is 13.1. The second-order valence-corrected chi connectivity index (χ2v) is 6.38. The number of nitrogens with one attached hydrogen (secondary N) is 1. The first-order chi connectivity index (χ1) is 12.4. The number of halogens is 1. The van der Waals surface area contributed by atoms with E-state index in [9.17, 15) is 14.0 Å². The first kappa shape index (κ1) is 16.2. The summed E-state index contributed by atoms with van der Waals surface area (Å²) in [6.45, 7) is 3.82. The molecule has 1 aliphatic heterocycles. The molecule has 3 aromatic rings. The second kappa shape index (κ2) is 5.65. The SMILES string of the molecule is CC1=NNc2nc3c(c(=O)n(Cc4ccc(F)cc4)c(=O)n3C)n2[C@@H]1C. The normalized spacial score (nSPS) is 16.3. The highest BCUT2D eigenvalue weighted by molar-refractivity contribution is 5.90. The van der Waals surface area contributed by atoms with Gasteiger partial charge in [0.15, 0.2) is 11.2 Å². The van der Waals surface area contributed by atoms with Crippen molar-refractivity contribution in [2.45, 2.75) is 26.4 Å². The topological polar surface area (TPSA) is 86.2 Å². The third-order valence-electron chi connectivity index (χ3n) is 4.75. The molecule has 4 rings (SSSR count). The van der Waals surface area contributed by atoms with Crippen LogP contribution in [0.15, 0.2) is 39.0 Å². The third-order valence-corrected chi connectivity index (χ3v) is 4.75. The van der Waals surface area contributed by atoms with E-state index < -0.39 is 11.2 Å². The fourth-order valence-electron chi connectivity index (χ4n) is 3.13. The molecule has 0 radical (unpaired) electrons. The monoisotopic (exact) mass is 356 g/mol. The summed E-state index contributed by atoms with van der Waals surface area (Å²) in [5, 5.41) is 4.18. The Balaban J connectivity index is 1.97. The number of aromatic nitrogens is 4. The molecule has 0 aliphatic carbocycles. The molecule has 26 heavy (non-hydrogen) atoms. The molecule has 1 N–H and O–H groups in total. The lowest BCUT2D eigenvalue weighted by Gasteiger charge is -2.21. The van der Waals surface area contributed by atoms with Crippen LogP contribution in [0.1, 0.15) is 25.5 Å². The summed E-state index contributed by atoms with van der Waals surface area (Å²) in [5.41, 5.74) is 3.99. The third kappa shape index (κ3) is 2.27. The number of rotatable bonds is 2. The van der Waals surface area contributed by atoms with Gasteiger partial charge in [0.05, 0.1) is 18.3 Å². The minimum Gasteiger partial charge on any atom is -0.294 e. The first-order valence-corrected chi connectivity index (χ1v) is 8.15. The molecule has 0 unspecified atom stereocenters. The highest BCUT2D eigenvalue weighted by Crippen LogP contribution is 2.25. The number of aryl methyl sites for hydroxylation is 1. The maximum atomic E-state index is 13.1. The molecule has 0 spiro atoms. The van der Waals surface area contributed by atoms with Gasteiger partial charge in [0.2, 0.25) is 5.95 Å². The number of nitrogens with zero attached hydrogens (tertiary/aromatic N) is 5. The van der Waals surface area contributed by atoms with Crippen LogP contribution in [-0.4, -0.2) is 24.4 Å². The largest absolute Gasteiger partial charge is 0.332 e. The van der Waals surface area contributed by atoms with Gasteiger partial charge in [-0.2, -0.15) is 10.1 Å². The Morgan fingerprint density at radius 2 is 1.92 bits per heavy atom. The van der Waals surface area contributed by atoms with Gasteiger partial charge in [-0.25, -0.2) is 14.6 Å². The minimum atomic E-state index is -0.479. The average Bonchev–Trinajstić information content (AvgIpc) is 3.02. The minimum absolute atomic E-state index is 0.0527. The molecule has 1 aliphatic rings. The van der Waals surface area contributed by atoms with Crippen molar-refractivity contribution < 1.29 is 4.39 Å². The van der Waals surface area contributed by atoms with Gasteiger partial charge in [-0.3, -0.25) is 18.5 Å². The summed E-state index contributed by atoms with van der Waals surface area (Å²) in [4.78, 5) is 30.2. The Bertz CT molecular complexity index is 1170. The van der Waals surface area contributed by atoms with Crippen LogP contribution in [0.5, 0.6) is 0 Å². The predicted octanol–water partition coefficient (Wildman–Crippen LogP) is 1.45. The highest BCUT2D eigenvalue weighted by atomic mass is 19.1. The molecule has 134 valence electrons. The van der Waals surface area contributed by atoms with Crippen molar-refractivity contribution in [2.24, 2.45) is 12.1 Å². The molecular formula is C17H17FN6O2. The zero-order valence-corrected chi connectivity index (χ0v) is 14.5. The number of benzene rings is 1. The Labute approximate surface area is 147 Å². The lowest BCUT2D eigenvalue weighted by atomic mass is 10.2. The van der Waals surface area contributed by atoms with E-state index in [0.717, 1.165) is 10.3 Å². The smallest absolute Gasteiger partial charge is 0.294 e. The number of hydrogen-bond acceptors (Lipinski definition) is 5. The van der Waals surface area contributed by atoms with Crippen molar-refractivity contribution in [1.82, 2.24) is 18.7 Å². The van der Waals surface area contributed by atoms with Gasteiger partial charge < -0.3 is 0 Å². The molecule has 0 saturated heterocycles. The second-order valence-electron chi connectivity index (χ2n) is 6.38. The predicted molar refractivity (Wildman–Crippen MR) is 96.2 cm³/mol. The lowest BCUT2D eigenvalue weighted by Crippen LogP contribution is -2.40. The van der Waals surface area contributed by atoms with E-state index in [1.807, 2.05) is 13.8 Å². The van der Waals surface area contributed by atoms with E-state index >= 15 is 0 Å². The summed E-state index contributed by atoms with van der Waals surface area (Å²) in [7, 11) is 1.57. The van der Waals surface area contributed by atoms with Crippen molar-refractivity contribution in [1.29, 1.82) is 0 Å². The molecule has 0 bridgehead atoms. The Morgan fingerprint density at radius 3 is 2.62 bits per heavy atom. The van der Waals surface area contributed by atoms with Gasteiger partial charge in [-0.1, -0.05) is 12.1 Å². The number of anilines is 1. The van der Waals surface area contributed by atoms with Gasteiger partial charge in [-0.05, 0) is 31.5 Å². The number of hydrogen-bond donors (Lipinski definition) is 1. The summed E-state index contributed by atoms with van der Waals surface area (Å²) in [5.74, 6) is 0.0497. The first-order valence-electron chi connectivity index (χ1n) is 8.15. The zero-order chi connectivity index (χ0) is 18.6. The molecule has 2 aromatic heterocycles. The van der Waals surface area contributed by atoms with E-state index in [4.69, 9.17) is 0 Å². The molecular weight excluding hydrogens is 339 g/mol. The van der Waals surface area contributed by atoms with Gasteiger partial charge in [0, 0.05) is 7.05 Å². The lowest BCUT2D eigenvalue weighted by molar-refractivity contribution is 0.622. The van der Waals surface area contributed by atoms with Gasteiger partial charge in [0.25, 0.3) is 5.56 Å². The zero-order valence-electron chi connectivity index (χ0n) is 14.5. The number of fused-ring (bicyclic) bond motifs is 3. The van der Waals surface area contributed by atoms with Crippen molar-refractivity contribution in [3.63, 3.8) is 0 Å². The Kier molecular flexibility index (Phi) is 3.53. The Morgan fingerprint density at radius 1 is 1.23 bits per heavy atom. The van der Waals surface area contributed by atoms with Crippen molar-refractivity contribution in [3.05, 3.63) is 56.5 Å². The van der Waals surface area contributed by atoms with Gasteiger partial charge in [-0.15, -0.1) is 0 Å². The van der Waals surface area contributed by atoms with Crippen molar-refractivity contribution in [2.75, 3.05) is 5.43 Å². The number of imidazole rings is 1. The summed E-state index contributed by atoms with van der Waals surface area (Å²) < 4.78 is 17.3. The van der Waals surface area contributed by atoms with E-state index in [0.29, 0.717) is 22.7 Å². The maximum Gasteiger partial charge on any atom is 0.332 e. The molecule has 3 heterocycles. The summed E-state index contributed by atoms with van der Waals surface area (Å²) in [6.07, 6.45) is 0. The number of hydrazone groups is 1. The van der Waals surface area contributed by atoms with E-state index in [-0.39, 0.29) is 18.4 Å². The van der Waals surface area contributed by atoms with Crippen LogP contribution < -0.4 is 16.7 Å². The molecule has 1 atom stereocenters. The van der Waals surface area contributed by atoms with Crippen LogP contribution in [-0.2, 0) is 13.6 Å². The van der Waals surface area contributed by atoms with Crippen LogP contribution in [0.3, 0.4) is 0 Å². The van der Waals surface area contributed by atoms with Crippen LogP contribution in [0.2, 0.25) is 0 Å². The average molecular weight is 356 g/mol. The summed E-state index contributed by atoms with van der Waals surface area (Å²) in [6, 6.07) is 5.54. The highest BCUT2D eigenvalue weighted by Gasteiger charge is 2.26.